The molecule has 0 amide bonds. The number of nitrogens with zero attached hydrogens (tertiary/aromatic N) is 3. The highest BCUT2D eigenvalue weighted by molar-refractivity contribution is 5.79. The predicted molar refractivity (Wildman–Crippen MR) is 101 cm³/mol. The van der Waals surface area contributed by atoms with Crippen molar-refractivity contribution >= 4 is 11.9 Å². The first-order valence-corrected chi connectivity index (χ1v) is 9.19. The summed E-state index contributed by atoms with van der Waals surface area (Å²) in [4.78, 5) is 17.1. The lowest BCUT2D eigenvalue weighted by atomic mass is 9.87. The molecule has 1 aliphatic heterocycles. The van der Waals surface area contributed by atoms with Crippen molar-refractivity contribution in [2.45, 2.75) is 46.1 Å². The zero-order valence-corrected chi connectivity index (χ0v) is 15.8. The number of ether oxygens (including phenoxy) is 1. The molecule has 6 nitrogen and oxygen atoms in total. The van der Waals surface area contributed by atoms with Crippen LogP contribution in [0.5, 0.6) is 0 Å². The van der Waals surface area contributed by atoms with Crippen LogP contribution in [0.3, 0.4) is 0 Å². The van der Waals surface area contributed by atoms with Gasteiger partial charge in [0.2, 0.25) is 5.95 Å². The summed E-state index contributed by atoms with van der Waals surface area (Å²) in [6.07, 6.45) is 4.34. The maximum absolute atomic E-state index is 12.8. The van der Waals surface area contributed by atoms with Crippen LogP contribution in [0.4, 0.5) is 5.95 Å². The van der Waals surface area contributed by atoms with E-state index in [0.29, 0.717) is 18.5 Å². The van der Waals surface area contributed by atoms with E-state index in [4.69, 9.17) is 4.74 Å². The maximum Gasteiger partial charge on any atom is 0.317 e. The van der Waals surface area contributed by atoms with Crippen molar-refractivity contribution in [3.63, 3.8) is 0 Å². The molecular weight excluding hydrogens is 328 g/mol. The molecule has 0 radical (unpaired) electrons. The number of fused-ring (bicyclic) bond motifs is 1. The molecule has 2 atom stereocenters. The van der Waals surface area contributed by atoms with Gasteiger partial charge in [-0.3, -0.25) is 4.79 Å². The molecule has 0 saturated carbocycles. The minimum atomic E-state index is -0.478. The van der Waals surface area contributed by atoms with Gasteiger partial charge in [-0.25, -0.2) is 4.68 Å². The second kappa shape index (κ2) is 7.72. The van der Waals surface area contributed by atoms with Crippen LogP contribution in [-0.4, -0.2) is 27.3 Å². The molecule has 0 spiro atoms. The van der Waals surface area contributed by atoms with E-state index in [1.807, 2.05) is 19.9 Å². The molecule has 26 heavy (non-hydrogen) atoms. The van der Waals surface area contributed by atoms with Gasteiger partial charge < -0.3 is 10.1 Å². The Morgan fingerprint density at radius 1 is 1.31 bits per heavy atom. The SMILES string of the molecule is CC/C=C1\Nc2ncnn2[C@@H](c2ccc(C(C)C)cc2)[C@@H]1C(=O)OCC. The molecule has 1 aromatic carbocycles. The Kier molecular flexibility index (Phi) is 5.40. The van der Waals surface area contributed by atoms with Gasteiger partial charge in [0.1, 0.15) is 12.2 Å². The van der Waals surface area contributed by atoms with Crippen LogP contribution in [0.25, 0.3) is 0 Å². The summed E-state index contributed by atoms with van der Waals surface area (Å²) in [6.45, 7) is 8.54. The van der Waals surface area contributed by atoms with Crippen LogP contribution in [0, 0.1) is 5.92 Å². The van der Waals surface area contributed by atoms with Gasteiger partial charge in [0, 0.05) is 5.70 Å². The summed E-state index contributed by atoms with van der Waals surface area (Å²) in [7, 11) is 0. The summed E-state index contributed by atoms with van der Waals surface area (Å²) >= 11 is 0. The molecule has 1 N–H and O–H groups in total. The van der Waals surface area contributed by atoms with Crippen LogP contribution in [0.1, 0.15) is 57.2 Å². The minimum Gasteiger partial charge on any atom is -0.465 e. The lowest BCUT2D eigenvalue weighted by Gasteiger charge is -2.33. The van der Waals surface area contributed by atoms with Gasteiger partial charge in [-0.1, -0.05) is 51.1 Å². The molecule has 0 fully saturated rings. The first-order valence-electron chi connectivity index (χ1n) is 9.19. The molecule has 6 heteroatoms. The van der Waals surface area contributed by atoms with Gasteiger partial charge in [-0.05, 0) is 30.4 Å². The van der Waals surface area contributed by atoms with E-state index in [2.05, 4.69) is 53.5 Å². The number of anilines is 1. The highest BCUT2D eigenvalue weighted by Crippen LogP contribution is 2.38. The largest absolute Gasteiger partial charge is 0.465 e. The Bertz CT molecular complexity index is 792. The fourth-order valence-corrected chi connectivity index (χ4v) is 3.36. The number of hydrogen-bond donors (Lipinski definition) is 1. The van der Waals surface area contributed by atoms with Gasteiger partial charge in [0.15, 0.2) is 0 Å². The van der Waals surface area contributed by atoms with Crippen molar-refractivity contribution < 1.29 is 9.53 Å². The lowest BCUT2D eigenvalue weighted by Crippen LogP contribution is -2.38. The van der Waals surface area contributed by atoms with Gasteiger partial charge in [-0.15, -0.1) is 0 Å². The summed E-state index contributed by atoms with van der Waals surface area (Å²) in [5.41, 5.74) is 3.10. The fourth-order valence-electron chi connectivity index (χ4n) is 3.36. The third-order valence-corrected chi connectivity index (χ3v) is 4.65. The van der Waals surface area contributed by atoms with Crippen LogP contribution >= 0.6 is 0 Å². The van der Waals surface area contributed by atoms with Crippen LogP contribution in [-0.2, 0) is 9.53 Å². The van der Waals surface area contributed by atoms with E-state index in [9.17, 15) is 4.79 Å². The Morgan fingerprint density at radius 3 is 2.65 bits per heavy atom. The van der Waals surface area contributed by atoms with E-state index in [-0.39, 0.29) is 12.0 Å². The van der Waals surface area contributed by atoms with E-state index in [0.717, 1.165) is 17.7 Å². The molecule has 2 heterocycles. The first-order chi connectivity index (χ1) is 12.6. The Balaban J connectivity index is 2.10. The second-order valence-electron chi connectivity index (χ2n) is 6.72. The van der Waals surface area contributed by atoms with Crippen molar-refractivity contribution in [1.82, 2.24) is 14.8 Å². The number of allylic oxidation sites excluding steroid dienone is 1. The summed E-state index contributed by atoms with van der Waals surface area (Å²) in [5, 5.41) is 7.61. The standard InChI is InChI=1S/C20H26N4O2/c1-5-7-16-17(19(25)26-6-2)18(24-20(23-16)21-12-22-24)15-10-8-14(9-11-15)13(3)4/h7-13,17-18H,5-6H2,1-4H3,(H,21,22,23)/b16-7-/t17-,18+/m1/s1. The average Bonchev–Trinajstić information content (AvgIpc) is 3.09. The van der Waals surface area contributed by atoms with Gasteiger partial charge in [0.05, 0.1) is 12.6 Å². The zero-order valence-electron chi connectivity index (χ0n) is 15.8. The molecule has 1 aromatic heterocycles. The third-order valence-electron chi connectivity index (χ3n) is 4.65. The van der Waals surface area contributed by atoms with Gasteiger partial charge >= 0.3 is 5.97 Å². The van der Waals surface area contributed by atoms with Crippen molar-refractivity contribution in [2.24, 2.45) is 5.92 Å². The smallest absolute Gasteiger partial charge is 0.317 e. The van der Waals surface area contributed by atoms with E-state index < -0.39 is 5.92 Å². The molecule has 138 valence electrons. The number of nitrogens with one attached hydrogen (secondary N) is 1. The van der Waals surface area contributed by atoms with Crippen molar-refractivity contribution in [3.05, 3.63) is 53.5 Å². The fraction of sp³-hybridized carbons (Fsp3) is 0.450. The Hall–Kier alpha value is -2.63. The number of benzene rings is 1. The molecule has 1 aliphatic rings. The lowest BCUT2D eigenvalue weighted by molar-refractivity contribution is -0.147. The average molecular weight is 354 g/mol. The highest BCUT2D eigenvalue weighted by Gasteiger charge is 2.41. The zero-order chi connectivity index (χ0) is 18.7. The molecule has 0 aliphatic carbocycles. The number of esters is 1. The van der Waals surface area contributed by atoms with E-state index in [1.165, 1.54) is 11.9 Å². The quantitative estimate of drug-likeness (QED) is 0.825. The summed E-state index contributed by atoms with van der Waals surface area (Å²) in [5.74, 6) is 0.367. The van der Waals surface area contributed by atoms with E-state index >= 15 is 0 Å². The number of carbonyl (C=O) groups is 1. The topological polar surface area (TPSA) is 69.0 Å². The molecule has 2 aromatic rings. The van der Waals surface area contributed by atoms with Crippen molar-refractivity contribution in [3.8, 4) is 0 Å². The first kappa shape index (κ1) is 18.2. The van der Waals surface area contributed by atoms with Gasteiger partial charge in [-0.2, -0.15) is 10.1 Å². The number of aromatic nitrogens is 3. The molecule has 3 rings (SSSR count). The summed E-state index contributed by atoms with van der Waals surface area (Å²) in [6, 6.07) is 8.10. The molecule has 0 bridgehead atoms. The Labute approximate surface area is 154 Å². The van der Waals surface area contributed by atoms with Crippen molar-refractivity contribution in [2.75, 3.05) is 11.9 Å². The van der Waals surface area contributed by atoms with Crippen LogP contribution in [0.2, 0.25) is 0 Å². The van der Waals surface area contributed by atoms with Crippen LogP contribution in [0.15, 0.2) is 42.4 Å². The van der Waals surface area contributed by atoms with Gasteiger partial charge in [0.25, 0.3) is 0 Å². The van der Waals surface area contributed by atoms with Crippen LogP contribution < -0.4 is 5.32 Å². The third kappa shape index (κ3) is 3.36. The molecule has 0 saturated heterocycles. The normalized spacial score (nSPS) is 20.7. The Morgan fingerprint density at radius 2 is 2.04 bits per heavy atom. The second-order valence-corrected chi connectivity index (χ2v) is 6.72. The highest BCUT2D eigenvalue weighted by atomic mass is 16.5. The molecule has 0 unspecified atom stereocenters. The van der Waals surface area contributed by atoms with Crippen molar-refractivity contribution in [1.29, 1.82) is 0 Å². The molecular formula is C20H26N4O2. The number of hydrogen-bond acceptors (Lipinski definition) is 5. The predicted octanol–water partition coefficient (Wildman–Crippen LogP) is 3.89. The number of carbonyl (C=O) groups excluding carboxylic acids is 1. The minimum absolute atomic E-state index is 0.251. The van der Waals surface area contributed by atoms with E-state index in [1.54, 1.807) is 4.68 Å². The number of rotatable bonds is 5. The maximum atomic E-state index is 12.8. The summed E-state index contributed by atoms with van der Waals surface area (Å²) < 4.78 is 7.16. The monoisotopic (exact) mass is 354 g/mol.